The van der Waals surface area contributed by atoms with E-state index in [-0.39, 0.29) is 0 Å². The van der Waals surface area contributed by atoms with E-state index in [1.807, 2.05) is 0 Å². The molecule has 2 saturated carbocycles. The van der Waals surface area contributed by atoms with E-state index < -0.39 is 10.0 Å². The molecule has 3 rings (SSSR count). The number of nitrogens with zero attached hydrogens (tertiary/aromatic N) is 2. The maximum atomic E-state index is 12.2. The first kappa shape index (κ1) is 13.8. The summed E-state index contributed by atoms with van der Waals surface area (Å²) in [7, 11) is -0.829. The van der Waals surface area contributed by atoms with E-state index in [9.17, 15) is 8.42 Å². The first-order valence-electron chi connectivity index (χ1n) is 7.74. The molecule has 2 aliphatic carbocycles. The van der Waals surface area contributed by atoms with Gasteiger partial charge in [0, 0.05) is 19.1 Å². The van der Waals surface area contributed by atoms with Crippen LogP contribution in [0.25, 0.3) is 0 Å². The average Bonchev–Trinajstić information content (AvgIpc) is 2.86. The Morgan fingerprint density at radius 3 is 2.42 bits per heavy atom. The lowest BCUT2D eigenvalue weighted by atomic mass is 10.2. The first-order valence-corrected chi connectivity index (χ1v) is 9.35. The summed E-state index contributed by atoms with van der Waals surface area (Å²) in [5, 5.41) is 0. The molecule has 110 valence electrons. The van der Waals surface area contributed by atoms with Gasteiger partial charge in [0.15, 0.2) is 0 Å². The van der Waals surface area contributed by atoms with Gasteiger partial charge < -0.3 is 4.90 Å². The second-order valence-electron chi connectivity index (χ2n) is 6.66. The number of hydrogen-bond donors (Lipinski definition) is 0. The van der Waals surface area contributed by atoms with Crippen LogP contribution < -0.4 is 0 Å². The zero-order valence-electron chi connectivity index (χ0n) is 11.9. The van der Waals surface area contributed by atoms with E-state index >= 15 is 0 Å². The van der Waals surface area contributed by atoms with Crippen molar-refractivity contribution < 1.29 is 8.42 Å². The summed E-state index contributed by atoms with van der Waals surface area (Å²) in [5.41, 5.74) is 0. The van der Waals surface area contributed by atoms with Crippen molar-refractivity contribution in [3.05, 3.63) is 0 Å². The van der Waals surface area contributed by atoms with Gasteiger partial charge in [-0.1, -0.05) is 12.8 Å². The Morgan fingerprint density at radius 1 is 1.16 bits per heavy atom. The van der Waals surface area contributed by atoms with Crippen LogP contribution in [0.5, 0.6) is 0 Å². The summed E-state index contributed by atoms with van der Waals surface area (Å²) in [6.07, 6.45) is 7.29. The molecule has 0 radical (unpaired) electrons. The molecule has 0 N–H and O–H groups in total. The van der Waals surface area contributed by atoms with Gasteiger partial charge in [-0.05, 0) is 51.1 Å². The summed E-state index contributed by atoms with van der Waals surface area (Å²) in [6, 6.07) is 0.696. The molecule has 0 unspecified atom stereocenters. The summed E-state index contributed by atoms with van der Waals surface area (Å²) in [4.78, 5) is 2.37. The Kier molecular flexibility index (Phi) is 3.89. The molecule has 3 fully saturated rings. The van der Waals surface area contributed by atoms with Crippen LogP contribution in [0, 0.1) is 11.8 Å². The summed E-state index contributed by atoms with van der Waals surface area (Å²) in [5.74, 6) is 1.72. The SMILES string of the molecule is CN(CCCS(=O)(=O)N1C[C@H]2C[C@H]2C1)C1CCCC1. The van der Waals surface area contributed by atoms with E-state index in [2.05, 4.69) is 11.9 Å². The third kappa shape index (κ3) is 3.14. The van der Waals surface area contributed by atoms with Crippen molar-refractivity contribution in [1.82, 2.24) is 9.21 Å². The van der Waals surface area contributed by atoms with Crippen molar-refractivity contribution in [2.45, 2.75) is 44.6 Å². The second kappa shape index (κ2) is 5.34. The topological polar surface area (TPSA) is 40.6 Å². The van der Waals surface area contributed by atoms with E-state index in [1.165, 1.54) is 32.1 Å². The van der Waals surface area contributed by atoms with Crippen LogP contribution in [0.15, 0.2) is 0 Å². The molecule has 4 nitrogen and oxygen atoms in total. The first-order chi connectivity index (χ1) is 9.06. The number of fused-ring (bicyclic) bond motifs is 1. The molecule has 0 aromatic heterocycles. The normalized spacial score (nSPS) is 32.1. The number of hydrogen-bond acceptors (Lipinski definition) is 3. The highest BCUT2D eigenvalue weighted by Gasteiger charge is 2.48. The van der Waals surface area contributed by atoms with Gasteiger partial charge in [-0.3, -0.25) is 0 Å². The third-order valence-electron chi connectivity index (χ3n) is 5.20. The number of rotatable bonds is 6. The zero-order valence-corrected chi connectivity index (χ0v) is 12.7. The van der Waals surface area contributed by atoms with Crippen LogP contribution in [0.2, 0.25) is 0 Å². The van der Waals surface area contributed by atoms with E-state index in [4.69, 9.17) is 0 Å². The molecule has 1 aliphatic heterocycles. The standard InChI is InChI=1S/C14H26N2O2S/c1-15(14-5-2-3-6-14)7-4-8-19(17,18)16-10-12-9-13(12)11-16/h12-14H,2-11H2,1H3/t12-,13+. The van der Waals surface area contributed by atoms with E-state index in [1.54, 1.807) is 4.31 Å². The molecule has 0 aromatic carbocycles. The quantitative estimate of drug-likeness (QED) is 0.743. The summed E-state index contributed by atoms with van der Waals surface area (Å²) in [6.45, 7) is 2.52. The molecular weight excluding hydrogens is 260 g/mol. The molecule has 1 heterocycles. The highest BCUT2D eigenvalue weighted by atomic mass is 32.2. The lowest BCUT2D eigenvalue weighted by Crippen LogP contribution is -2.35. The molecule has 0 bridgehead atoms. The minimum Gasteiger partial charge on any atom is -0.303 e. The number of sulfonamides is 1. The summed E-state index contributed by atoms with van der Waals surface area (Å²) < 4.78 is 26.2. The van der Waals surface area contributed by atoms with Crippen LogP contribution in [0.3, 0.4) is 0 Å². The van der Waals surface area contributed by atoms with E-state index in [0.717, 1.165) is 26.1 Å². The molecule has 2 atom stereocenters. The zero-order chi connectivity index (χ0) is 13.5. The minimum absolute atomic E-state index is 0.337. The fraction of sp³-hybridized carbons (Fsp3) is 1.00. The van der Waals surface area contributed by atoms with Gasteiger partial charge >= 0.3 is 0 Å². The van der Waals surface area contributed by atoms with E-state index in [0.29, 0.717) is 23.6 Å². The van der Waals surface area contributed by atoms with Crippen LogP contribution in [-0.4, -0.2) is 56.1 Å². The maximum Gasteiger partial charge on any atom is 0.214 e. The molecule has 3 aliphatic rings. The Balaban J connectivity index is 1.41. The van der Waals surface area contributed by atoms with Crippen LogP contribution >= 0.6 is 0 Å². The second-order valence-corrected chi connectivity index (χ2v) is 8.75. The van der Waals surface area contributed by atoms with Crippen LogP contribution in [0.1, 0.15) is 38.5 Å². The van der Waals surface area contributed by atoms with Crippen molar-refractivity contribution >= 4 is 10.0 Å². The Bertz CT molecular complexity index is 407. The van der Waals surface area contributed by atoms with Gasteiger partial charge in [0.1, 0.15) is 0 Å². The predicted molar refractivity (Wildman–Crippen MR) is 76.5 cm³/mol. The lowest BCUT2D eigenvalue weighted by Gasteiger charge is -2.24. The molecule has 19 heavy (non-hydrogen) atoms. The van der Waals surface area contributed by atoms with Gasteiger partial charge in [-0.25, -0.2) is 12.7 Å². The molecule has 1 saturated heterocycles. The molecule has 0 spiro atoms. The predicted octanol–water partition coefficient (Wildman–Crippen LogP) is 1.53. The summed E-state index contributed by atoms with van der Waals surface area (Å²) >= 11 is 0. The van der Waals surface area contributed by atoms with Crippen molar-refractivity contribution in [3.63, 3.8) is 0 Å². The number of piperidine rings is 1. The third-order valence-corrected chi connectivity index (χ3v) is 7.09. The van der Waals surface area contributed by atoms with Crippen molar-refractivity contribution in [2.24, 2.45) is 11.8 Å². The molecule has 0 aromatic rings. The van der Waals surface area contributed by atoms with Gasteiger partial charge in [0.2, 0.25) is 10.0 Å². The van der Waals surface area contributed by atoms with Crippen LogP contribution in [-0.2, 0) is 10.0 Å². The minimum atomic E-state index is -2.98. The van der Waals surface area contributed by atoms with Crippen molar-refractivity contribution in [2.75, 3.05) is 32.4 Å². The fourth-order valence-corrected chi connectivity index (χ4v) is 5.32. The lowest BCUT2D eigenvalue weighted by molar-refractivity contribution is 0.246. The smallest absolute Gasteiger partial charge is 0.214 e. The highest BCUT2D eigenvalue weighted by Crippen LogP contribution is 2.45. The Labute approximate surface area is 117 Å². The van der Waals surface area contributed by atoms with Gasteiger partial charge in [0.05, 0.1) is 5.75 Å². The van der Waals surface area contributed by atoms with Gasteiger partial charge in [-0.2, -0.15) is 0 Å². The monoisotopic (exact) mass is 286 g/mol. The van der Waals surface area contributed by atoms with Gasteiger partial charge in [0.25, 0.3) is 0 Å². The highest BCUT2D eigenvalue weighted by molar-refractivity contribution is 7.89. The Morgan fingerprint density at radius 2 is 1.79 bits per heavy atom. The Hall–Kier alpha value is -0.130. The fourth-order valence-electron chi connectivity index (χ4n) is 3.74. The molecule has 5 heteroatoms. The van der Waals surface area contributed by atoms with Crippen molar-refractivity contribution in [1.29, 1.82) is 0 Å². The van der Waals surface area contributed by atoms with Gasteiger partial charge in [-0.15, -0.1) is 0 Å². The molecular formula is C14H26N2O2S. The van der Waals surface area contributed by atoms with Crippen molar-refractivity contribution in [3.8, 4) is 0 Å². The maximum absolute atomic E-state index is 12.2. The molecule has 0 amide bonds. The van der Waals surface area contributed by atoms with Crippen LogP contribution in [0.4, 0.5) is 0 Å². The average molecular weight is 286 g/mol. The largest absolute Gasteiger partial charge is 0.303 e.